The van der Waals surface area contributed by atoms with Crippen LogP contribution in [0, 0.1) is 12.3 Å². The van der Waals surface area contributed by atoms with Crippen molar-refractivity contribution in [1.29, 1.82) is 0 Å². The van der Waals surface area contributed by atoms with Crippen LogP contribution in [0.15, 0.2) is 24.3 Å². The van der Waals surface area contributed by atoms with Gasteiger partial charge >= 0.3 is 0 Å². The molecule has 0 aliphatic rings. The molecule has 0 unspecified atom stereocenters. The van der Waals surface area contributed by atoms with E-state index in [-0.39, 0.29) is 5.78 Å². The summed E-state index contributed by atoms with van der Waals surface area (Å²) in [6.07, 6.45) is 5.69. The third kappa shape index (κ3) is 1.73. The zero-order valence-electron chi connectivity index (χ0n) is 7.00. The van der Waals surface area contributed by atoms with Gasteiger partial charge in [-0.2, -0.15) is 0 Å². The fourth-order valence-electron chi connectivity index (χ4n) is 1.13. The first-order valence-electron chi connectivity index (χ1n) is 3.78. The standard InChI is InChI=1S/C11H10O/c1-3-6-10-7-4-5-8-11(10)9(2)12/h1,4-5,7-8H,6H2,2H3. The number of terminal acetylenes is 1. The maximum atomic E-state index is 11.1. The third-order valence-electron chi connectivity index (χ3n) is 1.69. The molecule has 0 fully saturated rings. The molecule has 0 atom stereocenters. The van der Waals surface area contributed by atoms with E-state index in [2.05, 4.69) is 5.92 Å². The van der Waals surface area contributed by atoms with Crippen molar-refractivity contribution in [3.05, 3.63) is 35.4 Å². The minimum atomic E-state index is 0.0702. The SMILES string of the molecule is C#CCc1ccccc1C(C)=O. The van der Waals surface area contributed by atoms with E-state index in [1.165, 1.54) is 0 Å². The Morgan fingerprint density at radius 1 is 1.50 bits per heavy atom. The Balaban J connectivity index is 3.10. The van der Waals surface area contributed by atoms with Crippen LogP contribution >= 0.6 is 0 Å². The summed E-state index contributed by atoms with van der Waals surface area (Å²) in [5.74, 6) is 2.60. The van der Waals surface area contributed by atoms with E-state index in [4.69, 9.17) is 6.42 Å². The molecule has 0 heterocycles. The molecule has 1 heteroatoms. The van der Waals surface area contributed by atoms with Gasteiger partial charge in [-0.15, -0.1) is 12.3 Å². The Kier molecular flexibility index (Phi) is 2.66. The second-order valence-electron chi connectivity index (χ2n) is 2.59. The van der Waals surface area contributed by atoms with E-state index < -0.39 is 0 Å². The summed E-state index contributed by atoms with van der Waals surface area (Å²) in [5.41, 5.74) is 1.67. The molecule has 0 radical (unpaired) electrons. The highest BCUT2D eigenvalue weighted by molar-refractivity contribution is 5.95. The van der Waals surface area contributed by atoms with Crippen molar-refractivity contribution in [3.8, 4) is 12.3 Å². The highest BCUT2D eigenvalue weighted by Gasteiger charge is 2.03. The number of carbonyl (C=O) groups excluding carboxylic acids is 1. The van der Waals surface area contributed by atoms with Crippen LogP contribution in [-0.2, 0) is 6.42 Å². The average Bonchev–Trinajstić information content (AvgIpc) is 2.05. The number of ketones is 1. The Morgan fingerprint density at radius 2 is 2.17 bits per heavy atom. The number of benzene rings is 1. The van der Waals surface area contributed by atoms with Gasteiger partial charge in [-0.25, -0.2) is 0 Å². The molecule has 12 heavy (non-hydrogen) atoms. The van der Waals surface area contributed by atoms with Crippen LogP contribution < -0.4 is 0 Å². The number of hydrogen-bond acceptors (Lipinski definition) is 1. The second kappa shape index (κ2) is 3.73. The van der Waals surface area contributed by atoms with Crippen molar-refractivity contribution >= 4 is 5.78 Å². The van der Waals surface area contributed by atoms with Gasteiger partial charge in [0.05, 0.1) is 0 Å². The summed E-state index contributed by atoms with van der Waals surface area (Å²) >= 11 is 0. The van der Waals surface area contributed by atoms with Gasteiger partial charge in [0.2, 0.25) is 0 Å². The average molecular weight is 158 g/mol. The number of hydrogen-bond donors (Lipinski definition) is 0. The molecule has 0 bridgehead atoms. The van der Waals surface area contributed by atoms with Crippen LogP contribution in [0.2, 0.25) is 0 Å². The number of carbonyl (C=O) groups is 1. The monoisotopic (exact) mass is 158 g/mol. The van der Waals surface area contributed by atoms with Gasteiger partial charge in [0.25, 0.3) is 0 Å². The van der Waals surface area contributed by atoms with Crippen LogP contribution in [0.1, 0.15) is 22.8 Å². The van der Waals surface area contributed by atoms with Crippen LogP contribution in [-0.4, -0.2) is 5.78 Å². The first-order chi connectivity index (χ1) is 5.75. The van der Waals surface area contributed by atoms with Crippen LogP contribution in [0.3, 0.4) is 0 Å². The fraction of sp³-hybridized carbons (Fsp3) is 0.182. The third-order valence-corrected chi connectivity index (χ3v) is 1.69. The van der Waals surface area contributed by atoms with E-state index >= 15 is 0 Å². The van der Waals surface area contributed by atoms with Crippen LogP contribution in [0.25, 0.3) is 0 Å². The molecule has 60 valence electrons. The lowest BCUT2D eigenvalue weighted by Gasteiger charge is -2.01. The highest BCUT2D eigenvalue weighted by atomic mass is 16.1. The molecule has 0 amide bonds. The summed E-state index contributed by atoms with van der Waals surface area (Å²) in [4.78, 5) is 11.1. The molecule has 0 saturated carbocycles. The molecule has 1 aromatic carbocycles. The summed E-state index contributed by atoms with van der Waals surface area (Å²) < 4.78 is 0. The number of rotatable bonds is 2. The van der Waals surface area contributed by atoms with E-state index in [1.54, 1.807) is 13.0 Å². The lowest BCUT2D eigenvalue weighted by molar-refractivity contribution is 0.101. The lowest BCUT2D eigenvalue weighted by atomic mass is 10.0. The summed E-state index contributed by atoms with van der Waals surface area (Å²) in [6.45, 7) is 1.55. The smallest absolute Gasteiger partial charge is 0.160 e. The van der Waals surface area contributed by atoms with Gasteiger partial charge in [-0.05, 0) is 12.5 Å². The van der Waals surface area contributed by atoms with E-state index in [1.807, 2.05) is 18.2 Å². The fourth-order valence-corrected chi connectivity index (χ4v) is 1.13. The topological polar surface area (TPSA) is 17.1 Å². The molecule has 0 aromatic heterocycles. The van der Waals surface area contributed by atoms with E-state index in [0.717, 1.165) is 11.1 Å². The molecular formula is C11H10O. The minimum absolute atomic E-state index is 0.0702. The van der Waals surface area contributed by atoms with Crippen molar-refractivity contribution in [2.24, 2.45) is 0 Å². The van der Waals surface area contributed by atoms with Gasteiger partial charge in [-0.1, -0.05) is 24.3 Å². The van der Waals surface area contributed by atoms with E-state index in [0.29, 0.717) is 6.42 Å². The Morgan fingerprint density at radius 3 is 2.75 bits per heavy atom. The second-order valence-corrected chi connectivity index (χ2v) is 2.59. The maximum absolute atomic E-state index is 11.1. The highest BCUT2D eigenvalue weighted by Crippen LogP contribution is 2.09. The normalized spacial score (nSPS) is 9.00. The molecule has 0 aliphatic heterocycles. The molecule has 1 nitrogen and oxygen atoms in total. The number of Topliss-reactive ketones (excluding diaryl/α,β-unsaturated/α-hetero) is 1. The Bertz CT molecular complexity index is 331. The van der Waals surface area contributed by atoms with Crippen molar-refractivity contribution in [3.63, 3.8) is 0 Å². The Labute approximate surface area is 72.4 Å². The van der Waals surface area contributed by atoms with E-state index in [9.17, 15) is 4.79 Å². The minimum Gasteiger partial charge on any atom is -0.295 e. The first kappa shape index (κ1) is 8.55. The molecule has 0 spiro atoms. The van der Waals surface area contributed by atoms with Gasteiger partial charge in [-0.3, -0.25) is 4.79 Å². The summed E-state index contributed by atoms with van der Waals surface area (Å²) in [7, 11) is 0. The predicted molar refractivity (Wildman–Crippen MR) is 49.0 cm³/mol. The van der Waals surface area contributed by atoms with Crippen LogP contribution in [0.5, 0.6) is 0 Å². The first-order valence-corrected chi connectivity index (χ1v) is 3.78. The van der Waals surface area contributed by atoms with Crippen LogP contribution in [0.4, 0.5) is 0 Å². The summed E-state index contributed by atoms with van der Waals surface area (Å²) in [5, 5.41) is 0. The molecule has 1 aromatic rings. The zero-order chi connectivity index (χ0) is 8.97. The van der Waals surface area contributed by atoms with Crippen molar-refractivity contribution in [2.45, 2.75) is 13.3 Å². The quantitative estimate of drug-likeness (QED) is 0.475. The van der Waals surface area contributed by atoms with Gasteiger partial charge in [0, 0.05) is 12.0 Å². The van der Waals surface area contributed by atoms with Crippen molar-refractivity contribution < 1.29 is 4.79 Å². The molecule has 1 rings (SSSR count). The summed E-state index contributed by atoms with van der Waals surface area (Å²) in [6, 6.07) is 7.42. The van der Waals surface area contributed by atoms with Gasteiger partial charge in [0.1, 0.15) is 0 Å². The zero-order valence-corrected chi connectivity index (χ0v) is 7.00. The van der Waals surface area contributed by atoms with Gasteiger partial charge in [0.15, 0.2) is 5.78 Å². The van der Waals surface area contributed by atoms with Crippen molar-refractivity contribution in [1.82, 2.24) is 0 Å². The lowest BCUT2D eigenvalue weighted by Crippen LogP contribution is -1.97. The molecular weight excluding hydrogens is 148 g/mol. The largest absolute Gasteiger partial charge is 0.295 e. The molecule has 0 N–H and O–H groups in total. The maximum Gasteiger partial charge on any atom is 0.160 e. The van der Waals surface area contributed by atoms with Crippen molar-refractivity contribution in [2.75, 3.05) is 0 Å². The molecule has 0 aliphatic carbocycles. The van der Waals surface area contributed by atoms with Gasteiger partial charge < -0.3 is 0 Å². The predicted octanol–water partition coefficient (Wildman–Crippen LogP) is 2.06. The molecule has 0 saturated heterocycles. The Hall–Kier alpha value is -1.55.